The molecule has 2 fully saturated rings. The van der Waals surface area contributed by atoms with E-state index in [-0.39, 0.29) is 0 Å². The fourth-order valence-corrected chi connectivity index (χ4v) is 5.01. The van der Waals surface area contributed by atoms with E-state index in [4.69, 9.17) is 5.26 Å². The average Bonchev–Trinajstić information content (AvgIpc) is 2.77. The van der Waals surface area contributed by atoms with Crippen LogP contribution in [-0.2, 0) is 0 Å². The Labute approximate surface area is 172 Å². The molecule has 0 radical (unpaired) electrons. The maximum atomic E-state index is 8.83. The monoisotopic (exact) mass is 373 g/mol. The van der Waals surface area contributed by atoms with Crippen LogP contribution in [0.4, 0.5) is 0 Å². The molecule has 0 aliphatic heterocycles. The molecule has 0 spiro atoms. The molecule has 1 aromatic rings. The van der Waals surface area contributed by atoms with Crippen LogP contribution in [0.1, 0.15) is 88.7 Å². The summed E-state index contributed by atoms with van der Waals surface area (Å²) in [5.41, 5.74) is 1.66. The zero-order valence-corrected chi connectivity index (χ0v) is 17.5. The van der Waals surface area contributed by atoms with E-state index in [2.05, 4.69) is 30.9 Å². The lowest BCUT2D eigenvalue weighted by Crippen LogP contribution is -2.17. The Morgan fingerprint density at radius 3 is 1.93 bits per heavy atom. The maximum Gasteiger partial charge on any atom is 0.0991 e. The Morgan fingerprint density at radius 2 is 1.36 bits per heavy atom. The highest BCUT2D eigenvalue weighted by Crippen LogP contribution is 2.37. The summed E-state index contributed by atoms with van der Waals surface area (Å²) in [6.07, 6.45) is 20.1. The van der Waals surface area contributed by atoms with Gasteiger partial charge in [0.05, 0.1) is 11.6 Å². The molecule has 0 atom stereocenters. The van der Waals surface area contributed by atoms with Gasteiger partial charge in [-0.25, -0.2) is 0 Å². The first-order valence-electron chi connectivity index (χ1n) is 11.4. The quantitative estimate of drug-likeness (QED) is 0.498. The number of hydrogen-bond donors (Lipinski definition) is 0. The van der Waals surface area contributed by atoms with Gasteiger partial charge in [-0.2, -0.15) is 5.26 Å². The van der Waals surface area contributed by atoms with E-state index in [0.717, 1.165) is 23.3 Å². The minimum absolute atomic E-state index is 0.687. The fourth-order valence-electron chi connectivity index (χ4n) is 5.01. The van der Waals surface area contributed by atoms with Crippen LogP contribution >= 0.6 is 0 Å². The molecule has 2 aliphatic rings. The molecule has 2 aliphatic carbocycles. The van der Waals surface area contributed by atoms with Crippen molar-refractivity contribution < 1.29 is 0 Å². The van der Waals surface area contributed by atoms with Crippen molar-refractivity contribution in [3.63, 3.8) is 0 Å². The minimum atomic E-state index is 0.687. The molecular weight excluding hydrogens is 338 g/mol. The highest BCUT2D eigenvalue weighted by molar-refractivity contribution is 5.41. The summed E-state index contributed by atoms with van der Waals surface area (Å²) >= 11 is 0. The van der Waals surface area contributed by atoms with Crippen LogP contribution in [0, 0.1) is 46.8 Å². The van der Waals surface area contributed by atoms with Crippen LogP contribution in [0.3, 0.4) is 0 Å². The lowest BCUT2D eigenvalue weighted by molar-refractivity contribution is 0.224. The molecule has 148 valence electrons. The molecule has 0 amide bonds. The number of nitrogens with zero attached hydrogens (tertiary/aromatic N) is 1. The van der Waals surface area contributed by atoms with Gasteiger partial charge in [-0.1, -0.05) is 69.8 Å². The van der Waals surface area contributed by atoms with E-state index < -0.39 is 0 Å². The van der Waals surface area contributed by atoms with Gasteiger partial charge in [0.2, 0.25) is 0 Å². The molecule has 1 aromatic carbocycles. The van der Waals surface area contributed by atoms with Gasteiger partial charge in [0.1, 0.15) is 0 Å². The first-order valence-corrected chi connectivity index (χ1v) is 11.4. The molecule has 3 rings (SSSR count). The molecule has 1 nitrogen and oxygen atoms in total. The van der Waals surface area contributed by atoms with Gasteiger partial charge in [0.25, 0.3) is 0 Å². The number of allylic oxidation sites excluding steroid dienone is 2. The van der Waals surface area contributed by atoms with Crippen molar-refractivity contribution in [2.24, 2.45) is 23.7 Å². The zero-order chi connectivity index (χ0) is 19.6. The molecule has 0 unspecified atom stereocenters. The van der Waals surface area contributed by atoms with E-state index >= 15 is 0 Å². The number of rotatable bonds is 5. The van der Waals surface area contributed by atoms with Crippen molar-refractivity contribution in [3.8, 4) is 17.9 Å². The second kappa shape index (κ2) is 11.1. The van der Waals surface area contributed by atoms with Crippen LogP contribution in [0.5, 0.6) is 0 Å². The second-order valence-corrected chi connectivity index (χ2v) is 8.97. The lowest BCUT2D eigenvalue weighted by atomic mass is 9.75. The highest BCUT2D eigenvalue weighted by atomic mass is 14.3. The molecule has 1 heteroatoms. The molecule has 0 saturated heterocycles. The van der Waals surface area contributed by atoms with Gasteiger partial charge in [0, 0.05) is 5.56 Å². The van der Waals surface area contributed by atoms with Crippen molar-refractivity contribution in [2.45, 2.75) is 77.6 Å². The summed E-state index contributed by atoms with van der Waals surface area (Å²) in [4.78, 5) is 0. The van der Waals surface area contributed by atoms with Crippen LogP contribution in [0.15, 0.2) is 36.4 Å². The van der Waals surface area contributed by atoms with E-state index in [9.17, 15) is 0 Å². The van der Waals surface area contributed by atoms with E-state index in [1.54, 1.807) is 0 Å². The molecule has 28 heavy (non-hydrogen) atoms. The van der Waals surface area contributed by atoms with Crippen LogP contribution in [0.2, 0.25) is 0 Å². The summed E-state index contributed by atoms with van der Waals surface area (Å²) in [6.45, 7) is 2.36. The van der Waals surface area contributed by atoms with Crippen LogP contribution in [0.25, 0.3) is 0 Å². The normalized spacial score (nSPS) is 27.7. The molecule has 0 aromatic heterocycles. The van der Waals surface area contributed by atoms with Gasteiger partial charge in [-0.15, -0.1) is 0 Å². The molecular formula is C27H35N. The first kappa shape index (κ1) is 20.7. The summed E-state index contributed by atoms with van der Waals surface area (Å²) in [6, 6.07) is 9.62. The Balaban J connectivity index is 1.33. The van der Waals surface area contributed by atoms with Crippen LogP contribution < -0.4 is 0 Å². The Bertz CT molecular complexity index is 708. The molecule has 0 N–H and O–H groups in total. The van der Waals surface area contributed by atoms with E-state index in [0.29, 0.717) is 11.5 Å². The second-order valence-electron chi connectivity index (χ2n) is 8.97. The predicted octanol–water partition coefficient (Wildman–Crippen LogP) is 7.27. The summed E-state index contributed by atoms with van der Waals surface area (Å²) in [5.74, 6) is 10.1. The summed E-state index contributed by atoms with van der Waals surface area (Å²) in [7, 11) is 0. The SMILES string of the molecule is CC[C@H]1CC[C@H](CC[C@H]2CC[C@H](C=CC#Cc3ccc(C#N)cc3)CC2)CC1. The van der Waals surface area contributed by atoms with E-state index in [1.165, 1.54) is 70.6 Å². The van der Waals surface area contributed by atoms with Crippen molar-refractivity contribution >= 4 is 0 Å². The first-order chi connectivity index (χ1) is 13.8. The van der Waals surface area contributed by atoms with Gasteiger partial charge in [-0.3, -0.25) is 0 Å². The molecule has 0 heterocycles. The van der Waals surface area contributed by atoms with Crippen LogP contribution in [-0.4, -0.2) is 0 Å². The maximum absolute atomic E-state index is 8.83. The third kappa shape index (κ3) is 6.56. The average molecular weight is 374 g/mol. The third-order valence-electron chi connectivity index (χ3n) is 7.10. The number of hydrogen-bond acceptors (Lipinski definition) is 1. The Hall–Kier alpha value is -1.99. The lowest BCUT2D eigenvalue weighted by Gasteiger charge is -2.31. The van der Waals surface area contributed by atoms with Gasteiger partial charge in [-0.05, 0) is 79.7 Å². The van der Waals surface area contributed by atoms with Crippen molar-refractivity contribution in [3.05, 3.63) is 47.5 Å². The van der Waals surface area contributed by atoms with Crippen molar-refractivity contribution in [2.75, 3.05) is 0 Å². The minimum Gasteiger partial charge on any atom is -0.192 e. The highest BCUT2D eigenvalue weighted by Gasteiger charge is 2.23. The fraction of sp³-hybridized carbons (Fsp3) is 0.593. The van der Waals surface area contributed by atoms with Gasteiger partial charge in [0.15, 0.2) is 0 Å². The van der Waals surface area contributed by atoms with Crippen molar-refractivity contribution in [1.82, 2.24) is 0 Å². The Morgan fingerprint density at radius 1 is 0.821 bits per heavy atom. The largest absolute Gasteiger partial charge is 0.192 e. The third-order valence-corrected chi connectivity index (χ3v) is 7.10. The molecule has 0 bridgehead atoms. The smallest absolute Gasteiger partial charge is 0.0991 e. The zero-order valence-electron chi connectivity index (χ0n) is 17.5. The van der Waals surface area contributed by atoms with Gasteiger partial charge >= 0.3 is 0 Å². The Kier molecular flexibility index (Phi) is 8.23. The summed E-state index contributed by atoms with van der Waals surface area (Å²) < 4.78 is 0. The molecule has 2 saturated carbocycles. The standard InChI is InChI=1S/C27H35N/c1-2-22-7-9-25(10-8-22)15-16-26-13-11-23(12-14-26)5-3-4-6-24-17-19-27(21-28)20-18-24/h3,5,17-20,22-23,25-26H,2,7-16H2,1H3/t22-,23-,25-,26-. The summed E-state index contributed by atoms with van der Waals surface area (Å²) in [5, 5.41) is 8.83. The van der Waals surface area contributed by atoms with Gasteiger partial charge < -0.3 is 0 Å². The number of benzene rings is 1. The topological polar surface area (TPSA) is 23.8 Å². The van der Waals surface area contributed by atoms with E-state index in [1.807, 2.05) is 30.3 Å². The number of nitriles is 1. The predicted molar refractivity (Wildman–Crippen MR) is 118 cm³/mol. The van der Waals surface area contributed by atoms with Crippen molar-refractivity contribution in [1.29, 1.82) is 5.26 Å².